The summed E-state index contributed by atoms with van der Waals surface area (Å²) in [6.45, 7) is 5.05. The van der Waals surface area contributed by atoms with Gasteiger partial charge in [-0.05, 0) is 61.9 Å². The van der Waals surface area contributed by atoms with E-state index in [9.17, 15) is 0 Å². The lowest BCUT2D eigenvalue weighted by Gasteiger charge is -2.22. The maximum atomic E-state index is 6.42. The molecule has 0 aromatic heterocycles. The third-order valence-corrected chi connectivity index (χ3v) is 3.65. The van der Waals surface area contributed by atoms with Crippen molar-refractivity contribution in [3.05, 3.63) is 58.1 Å². The van der Waals surface area contributed by atoms with Crippen LogP contribution in [0.1, 0.15) is 16.7 Å². The quantitative estimate of drug-likeness (QED) is 0.894. The summed E-state index contributed by atoms with van der Waals surface area (Å²) >= 11 is 6.42. The topological polar surface area (TPSA) is 15.3 Å². The van der Waals surface area contributed by atoms with Gasteiger partial charge in [0, 0.05) is 19.3 Å². The SMILES string of the molecule is CNCc1ccc(N(C)c2cc(C)cc(C)c2)c(Cl)c1. The average molecular weight is 289 g/mol. The van der Waals surface area contributed by atoms with Crippen molar-refractivity contribution in [3.8, 4) is 0 Å². The van der Waals surface area contributed by atoms with Crippen LogP contribution in [0.25, 0.3) is 0 Å². The number of halogens is 1. The van der Waals surface area contributed by atoms with Crippen LogP contribution < -0.4 is 10.2 Å². The standard InChI is InChI=1S/C17H21ClN2/c1-12-7-13(2)9-15(8-12)20(4)17-6-5-14(11-19-3)10-16(17)18/h5-10,19H,11H2,1-4H3. The van der Waals surface area contributed by atoms with Gasteiger partial charge in [-0.1, -0.05) is 23.7 Å². The van der Waals surface area contributed by atoms with Gasteiger partial charge in [-0.25, -0.2) is 0 Å². The smallest absolute Gasteiger partial charge is 0.0646 e. The molecule has 20 heavy (non-hydrogen) atoms. The first-order valence-electron chi connectivity index (χ1n) is 6.76. The molecule has 0 aliphatic heterocycles. The van der Waals surface area contributed by atoms with E-state index >= 15 is 0 Å². The van der Waals surface area contributed by atoms with E-state index in [2.05, 4.69) is 54.4 Å². The number of hydrogen-bond acceptors (Lipinski definition) is 2. The fraction of sp³-hybridized carbons (Fsp3) is 0.294. The number of hydrogen-bond donors (Lipinski definition) is 1. The summed E-state index contributed by atoms with van der Waals surface area (Å²) in [5, 5.41) is 3.91. The van der Waals surface area contributed by atoms with Gasteiger partial charge in [0.25, 0.3) is 0 Å². The van der Waals surface area contributed by atoms with E-state index in [-0.39, 0.29) is 0 Å². The molecule has 0 saturated carbocycles. The van der Waals surface area contributed by atoms with E-state index in [1.54, 1.807) is 0 Å². The molecule has 0 fully saturated rings. The van der Waals surface area contributed by atoms with Crippen LogP contribution in [0.15, 0.2) is 36.4 Å². The summed E-state index contributed by atoms with van der Waals surface area (Å²) in [4.78, 5) is 2.13. The minimum atomic E-state index is 0.777. The molecule has 0 bridgehead atoms. The molecular weight excluding hydrogens is 268 g/mol. The largest absolute Gasteiger partial charge is 0.343 e. The highest BCUT2D eigenvalue weighted by Gasteiger charge is 2.09. The summed E-state index contributed by atoms with van der Waals surface area (Å²) in [5.41, 5.74) is 5.89. The molecule has 0 radical (unpaired) electrons. The lowest BCUT2D eigenvalue weighted by molar-refractivity contribution is 0.818. The molecule has 0 spiro atoms. The Morgan fingerprint density at radius 2 is 1.70 bits per heavy atom. The van der Waals surface area contributed by atoms with Gasteiger partial charge in [-0.3, -0.25) is 0 Å². The lowest BCUT2D eigenvalue weighted by Crippen LogP contribution is -2.11. The monoisotopic (exact) mass is 288 g/mol. The molecule has 1 N–H and O–H groups in total. The molecular formula is C17H21ClN2. The molecule has 0 aliphatic carbocycles. The van der Waals surface area contributed by atoms with Gasteiger partial charge in [-0.2, -0.15) is 0 Å². The third kappa shape index (κ3) is 3.33. The Morgan fingerprint density at radius 1 is 1.05 bits per heavy atom. The van der Waals surface area contributed by atoms with Crippen molar-refractivity contribution in [2.24, 2.45) is 0 Å². The summed E-state index contributed by atoms with van der Waals surface area (Å²) in [5.74, 6) is 0. The fourth-order valence-electron chi connectivity index (χ4n) is 2.42. The van der Waals surface area contributed by atoms with E-state index in [1.165, 1.54) is 16.7 Å². The van der Waals surface area contributed by atoms with Crippen LogP contribution in [0.2, 0.25) is 5.02 Å². The predicted molar refractivity (Wildman–Crippen MR) is 88.2 cm³/mol. The summed E-state index contributed by atoms with van der Waals surface area (Å²) in [6, 6.07) is 12.7. The van der Waals surface area contributed by atoms with Crippen molar-refractivity contribution in [2.45, 2.75) is 20.4 Å². The highest BCUT2D eigenvalue weighted by atomic mass is 35.5. The van der Waals surface area contributed by atoms with Gasteiger partial charge in [-0.15, -0.1) is 0 Å². The van der Waals surface area contributed by atoms with Gasteiger partial charge in [0.2, 0.25) is 0 Å². The summed E-state index contributed by atoms with van der Waals surface area (Å²) in [6.07, 6.45) is 0. The maximum Gasteiger partial charge on any atom is 0.0646 e. The lowest BCUT2D eigenvalue weighted by atomic mass is 10.1. The van der Waals surface area contributed by atoms with Gasteiger partial charge in [0.15, 0.2) is 0 Å². The first-order valence-corrected chi connectivity index (χ1v) is 7.14. The Morgan fingerprint density at radius 3 is 2.25 bits per heavy atom. The third-order valence-electron chi connectivity index (χ3n) is 3.35. The first kappa shape index (κ1) is 14.9. The molecule has 0 saturated heterocycles. The van der Waals surface area contributed by atoms with Crippen molar-refractivity contribution in [2.75, 3.05) is 19.0 Å². The van der Waals surface area contributed by atoms with Gasteiger partial charge in [0.1, 0.15) is 0 Å². The van der Waals surface area contributed by atoms with E-state index in [0.717, 1.165) is 22.9 Å². The Bertz CT molecular complexity index is 588. The van der Waals surface area contributed by atoms with Crippen LogP contribution in [0.4, 0.5) is 11.4 Å². The Hall–Kier alpha value is -1.51. The zero-order chi connectivity index (χ0) is 14.7. The van der Waals surface area contributed by atoms with Crippen LogP contribution in [0.3, 0.4) is 0 Å². The Kier molecular flexibility index (Phi) is 4.69. The molecule has 106 valence electrons. The second-order valence-corrected chi connectivity index (χ2v) is 5.63. The molecule has 2 aromatic rings. The molecule has 2 rings (SSSR count). The number of rotatable bonds is 4. The zero-order valence-corrected chi connectivity index (χ0v) is 13.3. The number of anilines is 2. The van der Waals surface area contributed by atoms with E-state index in [0.29, 0.717) is 0 Å². The van der Waals surface area contributed by atoms with Crippen molar-refractivity contribution in [1.29, 1.82) is 0 Å². The molecule has 0 amide bonds. The fourth-order valence-corrected chi connectivity index (χ4v) is 2.75. The summed E-state index contributed by atoms with van der Waals surface area (Å²) in [7, 11) is 3.98. The van der Waals surface area contributed by atoms with Gasteiger partial charge >= 0.3 is 0 Å². The summed E-state index contributed by atoms with van der Waals surface area (Å²) < 4.78 is 0. The van der Waals surface area contributed by atoms with E-state index in [4.69, 9.17) is 11.6 Å². The molecule has 2 aromatic carbocycles. The van der Waals surface area contributed by atoms with E-state index in [1.807, 2.05) is 20.2 Å². The minimum Gasteiger partial charge on any atom is -0.343 e. The Labute approximate surface area is 126 Å². The number of nitrogens with one attached hydrogen (secondary N) is 1. The van der Waals surface area contributed by atoms with Crippen LogP contribution >= 0.6 is 11.6 Å². The van der Waals surface area contributed by atoms with Gasteiger partial charge in [0.05, 0.1) is 10.7 Å². The highest BCUT2D eigenvalue weighted by molar-refractivity contribution is 6.33. The number of benzene rings is 2. The van der Waals surface area contributed by atoms with Crippen molar-refractivity contribution in [3.63, 3.8) is 0 Å². The second-order valence-electron chi connectivity index (χ2n) is 5.22. The predicted octanol–water partition coefficient (Wildman–Crippen LogP) is 4.44. The normalized spacial score (nSPS) is 10.7. The minimum absolute atomic E-state index is 0.777. The first-order chi connectivity index (χ1) is 9.51. The maximum absolute atomic E-state index is 6.42. The highest BCUT2D eigenvalue weighted by Crippen LogP contribution is 2.32. The molecule has 0 aliphatic rings. The van der Waals surface area contributed by atoms with Crippen LogP contribution in [0.5, 0.6) is 0 Å². The van der Waals surface area contributed by atoms with Gasteiger partial charge < -0.3 is 10.2 Å². The average Bonchev–Trinajstić information content (AvgIpc) is 2.37. The number of nitrogens with zero attached hydrogens (tertiary/aromatic N) is 1. The molecule has 3 heteroatoms. The second kappa shape index (κ2) is 6.29. The van der Waals surface area contributed by atoms with Crippen molar-refractivity contribution >= 4 is 23.0 Å². The van der Waals surface area contributed by atoms with Crippen LogP contribution in [0, 0.1) is 13.8 Å². The van der Waals surface area contributed by atoms with Crippen LogP contribution in [-0.2, 0) is 6.54 Å². The molecule has 0 heterocycles. The van der Waals surface area contributed by atoms with Crippen molar-refractivity contribution in [1.82, 2.24) is 5.32 Å². The molecule has 2 nitrogen and oxygen atoms in total. The Balaban J connectivity index is 2.35. The number of aryl methyl sites for hydroxylation is 2. The zero-order valence-electron chi connectivity index (χ0n) is 12.5. The molecule has 0 unspecified atom stereocenters. The molecule has 0 atom stereocenters. The van der Waals surface area contributed by atoms with Crippen LogP contribution in [-0.4, -0.2) is 14.1 Å². The van der Waals surface area contributed by atoms with E-state index < -0.39 is 0 Å². The van der Waals surface area contributed by atoms with Crippen molar-refractivity contribution < 1.29 is 0 Å².